The molecule has 88 valence electrons. The summed E-state index contributed by atoms with van der Waals surface area (Å²) in [5.74, 6) is 0. The summed E-state index contributed by atoms with van der Waals surface area (Å²) in [7, 11) is 0.115. The maximum Gasteiger partial charge on any atom is -0.0254 e. The maximum absolute atomic E-state index is 2.37. The van der Waals surface area contributed by atoms with Crippen LogP contribution in [0.4, 0.5) is 0 Å². The normalized spacial score (nSPS) is 12.1. The Hall–Kier alpha value is -0.610. The second-order valence-corrected chi connectivity index (χ2v) is 6.86. The highest BCUT2D eigenvalue weighted by Gasteiger charge is 2.07. The number of hydrogen-bond acceptors (Lipinski definition) is 0. The predicted molar refractivity (Wildman–Crippen MR) is 77.3 cm³/mol. The van der Waals surface area contributed by atoms with E-state index in [2.05, 4.69) is 57.2 Å². The van der Waals surface area contributed by atoms with Gasteiger partial charge in [-0.25, -0.2) is 0 Å². The van der Waals surface area contributed by atoms with Gasteiger partial charge in [0, 0.05) is 0 Å². The molecule has 1 aromatic carbocycles. The molecule has 0 nitrogen and oxygen atoms in total. The highest BCUT2D eigenvalue weighted by atomic mass is 31.1. The lowest BCUT2D eigenvalue weighted by atomic mass is 10.2. The van der Waals surface area contributed by atoms with Gasteiger partial charge in [0.05, 0.1) is 0 Å². The number of rotatable bonds is 6. The predicted octanol–water partition coefficient (Wildman–Crippen LogP) is 5.35. The van der Waals surface area contributed by atoms with E-state index < -0.39 is 0 Å². The van der Waals surface area contributed by atoms with E-state index in [1.807, 2.05) is 0 Å². The van der Waals surface area contributed by atoms with Crippen LogP contribution in [-0.4, -0.2) is 12.3 Å². The van der Waals surface area contributed by atoms with Crippen LogP contribution in [0.2, 0.25) is 0 Å². The first-order valence-electron chi connectivity index (χ1n) is 6.26. The Balaban J connectivity index is 2.73. The van der Waals surface area contributed by atoms with E-state index in [4.69, 9.17) is 0 Å². The van der Waals surface area contributed by atoms with Gasteiger partial charge in [-0.15, -0.1) is 0 Å². The molecular formula is C15H23P. The van der Waals surface area contributed by atoms with Crippen molar-refractivity contribution in [1.82, 2.24) is 0 Å². The van der Waals surface area contributed by atoms with Crippen molar-refractivity contribution in [3.63, 3.8) is 0 Å². The largest absolute Gasteiger partial charge is 0.0801 e. The molecule has 0 amide bonds. The highest BCUT2D eigenvalue weighted by molar-refractivity contribution is 7.62. The first-order chi connectivity index (χ1) is 7.77. The average Bonchev–Trinajstić information content (AvgIpc) is 2.30. The molecular weight excluding hydrogens is 211 g/mol. The van der Waals surface area contributed by atoms with Crippen molar-refractivity contribution in [2.75, 3.05) is 12.3 Å². The van der Waals surface area contributed by atoms with E-state index in [0.29, 0.717) is 0 Å². The SMILES string of the molecule is CCCP(CCC)C(C)=Cc1ccccc1. The summed E-state index contributed by atoms with van der Waals surface area (Å²) in [5.41, 5.74) is 1.35. The Morgan fingerprint density at radius 3 is 2.12 bits per heavy atom. The first-order valence-corrected chi connectivity index (χ1v) is 7.97. The van der Waals surface area contributed by atoms with Crippen molar-refractivity contribution >= 4 is 14.0 Å². The smallest absolute Gasteiger partial charge is 0.0254 e. The van der Waals surface area contributed by atoms with Gasteiger partial charge in [-0.3, -0.25) is 0 Å². The molecule has 0 aliphatic heterocycles. The van der Waals surface area contributed by atoms with Gasteiger partial charge in [0.15, 0.2) is 0 Å². The van der Waals surface area contributed by atoms with Crippen molar-refractivity contribution < 1.29 is 0 Å². The third-order valence-corrected chi connectivity index (χ3v) is 5.76. The molecule has 0 saturated heterocycles. The van der Waals surface area contributed by atoms with Crippen LogP contribution in [0.1, 0.15) is 39.2 Å². The van der Waals surface area contributed by atoms with Gasteiger partial charge in [0.25, 0.3) is 0 Å². The fraction of sp³-hybridized carbons (Fsp3) is 0.467. The van der Waals surface area contributed by atoms with Gasteiger partial charge in [-0.1, -0.05) is 71.0 Å². The molecule has 1 heteroatoms. The van der Waals surface area contributed by atoms with Gasteiger partial charge >= 0.3 is 0 Å². The van der Waals surface area contributed by atoms with E-state index in [0.717, 1.165) is 0 Å². The standard InChI is InChI=1S/C15H23P/c1-4-11-16(12-5-2)14(3)13-15-9-7-6-8-10-15/h6-10,13H,4-5,11-12H2,1-3H3. The lowest BCUT2D eigenvalue weighted by Gasteiger charge is -2.17. The first kappa shape index (κ1) is 13.5. The van der Waals surface area contributed by atoms with E-state index in [1.165, 1.54) is 30.7 Å². The molecule has 0 bridgehead atoms. The second kappa shape index (κ2) is 7.63. The molecule has 1 aromatic rings. The van der Waals surface area contributed by atoms with Crippen LogP contribution in [0, 0.1) is 0 Å². The van der Waals surface area contributed by atoms with E-state index in [-0.39, 0.29) is 7.92 Å². The minimum Gasteiger partial charge on any atom is -0.0801 e. The summed E-state index contributed by atoms with van der Waals surface area (Å²) < 4.78 is 0. The number of allylic oxidation sites excluding steroid dienone is 1. The van der Waals surface area contributed by atoms with Crippen molar-refractivity contribution in [2.45, 2.75) is 33.6 Å². The zero-order valence-electron chi connectivity index (χ0n) is 10.7. The van der Waals surface area contributed by atoms with E-state index in [9.17, 15) is 0 Å². The van der Waals surface area contributed by atoms with Gasteiger partial charge in [0.1, 0.15) is 0 Å². The van der Waals surface area contributed by atoms with Crippen LogP contribution in [0.25, 0.3) is 6.08 Å². The van der Waals surface area contributed by atoms with Crippen LogP contribution in [-0.2, 0) is 0 Å². The second-order valence-electron chi connectivity index (χ2n) is 4.18. The Labute approximate surface area is 102 Å². The fourth-order valence-electron chi connectivity index (χ4n) is 1.89. The third kappa shape index (κ3) is 4.49. The average molecular weight is 234 g/mol. The molecule has 0 aliphatic carbocycles. The minimum absolute atomic E-state index is 0.115. The summed E-state index contributed by atoms with van der Waals surface area (Å²) in [6.45, 7) is 6.89. The van der Waals surface area contributed by atoms with Crippen LogP contribution in [0.15, 0.2) is 35.6 Å². The van der Waals surface area contributed by atoms with Crippen molar-refractivity contribution in [1.29, 1.82) is 0 Å². The lowest BCUT2D eigenvalue weighted by Crippen LogP contribution is -1.89. The number of benzene rings is 1. The fourth-order valence-corrected chi connectivity index (χ4v) is 4.23. The van der Waals surface area contributed by atoms with Crippen LogP contribution >= 0.6 is 7.92 Å². The lowest BCUT2D eigenvalue weighted by molar-refractivity contribution is 1.05. The molecule has 0 aliphatic rings. The Morgan fingerprint density at radius 1 is 1.06 bits per heavy atom. The molecule has 0 atom stereocenters. The monoisotopic (exact) mass is 234 g/mol. The minimum atomic E-state index is 0.115. The van der Waals surface area contributed by atoms with E-state index in [1.54, 1.807) is 5.31 Å². The summed E-state index contributed by atoms with van der Waals surface area (Å²) in [4.78, 5) is 0. The molecule has 0 radical (unpaired) electrons. The van der Waals surface area contributed by atoms with Crippen molar-refractivity contribution in [2.24, 2.45) is 0 Å². The maximum atomic E-state index is 2.37. The van der Waals surface area contributed by atoms with Crippen molar-refractivity contribution in [3.05, 3.63) is 41.2 Å². The van der Waals surface area contributed by atoms with Crippen molar-refractivity contribution in [3.8, 4) is 0 Å². The molecule has 0 saturated carbocycles. The topological polar surface area (TPSA) is 0 Å². The van der Waals surface area contributed by atoms with Gasteiger partial charge in [-0.05, 0) is 30.1 Å². The van der Waals surface area contributed by atoms with E-state index >= 15 is 0 Å². The summed E-state index contributed by atoms with van der Waals surface area (Å²) in [6.07, 6.45) is 7.77. The zero-order chi connectivity index (χ0) is 11.8. The van der Waals surface area contributed by atoms with Crippen LogP contribution in [0.5, 0.6) is 0 Å². The van der Waals surface area contributed by atoms with Gasteiger partial charge < -0.3 is 0 Å². The molecule has 1 rings (SSSR count). The molecule has 0 N–H and O–H groups in total. The Kier molecular flexibility index (Phi) is 6.42. The summed E-state index contributed by atoms with van der Waals surface area (Å²) >= 11 is 0. The quantitative estimate of drug-likeness (QED) is 0.582. The molecule has 0 heterocycles. The van der Waals surface area contributed by atoms with Gasteiger partial charge in [0.2, 0.25) is 0 Å². The zero-order valence-corrected chi connectivity index (χ0v) is 11.6. The molecule has 16 heavy (non-hydrogen) atoms. The molecule has 0 aromatic heterocycles. The van der Waals surface area contributed by atoms with Gasteiger partial charge in [-0.2, -0.15) is 0 Å². The molecule has 0 spiro atoms. The summed E-state index contributed by atoms with van der Waals surface area (Å²) in [5, 5.41) is 1.60. The molecule has 0 unspecified atom stereocenters. The van der Waals surface area contributed by atoms with Crippen LogP contribution < -0.4 is 0 Å². The number of hydrogen-bond donors (Lipinski definition) is 0. The Bertz CT molecular complexity index is 307. The Morgan fingerprint density at radius 2 is 1.62 bits per heavy atom. The highest BCUT2D eigenvalue weighted by Crippen LogP contribution is 2.46. The third-order valence-electron chi connectivity index (χ3n) is 2.66. The molecule has 0 fully saturated rings. The van der Waals surface area contributed by atoms with Crippen LogP contribution in [0.3, 0.4) is 0 Å². The summed E-state index contributed by atoms with van der Waals surface area (Å²) in [6, 6.07) is 10.7.